The SMILES string of the molecule is COC(C#N)c1c(F)cccc1Cl. The lowest BCUT2D eigenvalue weighted by molar-refractivity contribution is 0.145. The van der Waals surface area contributed by atoms with Crippen LogP contribution in [-0.2, 0) is 4.74 Å². The first-order valence-electron chi connectivity index (χ1n) is 3.57. The van der Waals surface area contributed by atoms with Crippen LogP contribution < -0.4 is 0 Å². The van der Waals surface area contributed by atoms with E-state index in [4.69, 9.17) is 21.6 Å². The lowest BCUT2D eigenvalue weighted by atomic mass is 10.1. The molecule has 68 valence electrons. The molecular formula is C9H7ClFNO. The van der Waals surface area contributed by atoms with Gasteiger partial charge in [-0.2, -0.15) is 5.26 Å². The Morgan fingerprint density at radius 3 is 2.77 bits per heavy atom. The van der Waals surface area contributed by atoms with Crippen molar-refractivity contribution in [3.63, 3.8) is 0 Å². The minimum absolute atomic E-state index is 0.0918. The van der Waals surface area contributed by atoms with Crippen LogP contribution in [0.1, 0.15) is 11.7 Å². The van der Waals surface area contributed by atoms with Gasteiger partial charge in [0, 0.05) is 12.7 Å². The van der Waals surface area contributed by atoms with Gasteiger partial charge in [-0.25, -0.2) is 4.39 Å². The number of hydrogen-bond acceptors (Lipinski definition) is 2. The van der Waals surface area contributed by atoms with Gasteiger partial charge in [-0.3, -0.25) is 0 Å². The van der Waals surface area contributed by atoms with Gasteiger partial charge in [0.25, 0.3) is 0 Å². The molecule has 1 aromatic rings. The second-order valence-electron chi connectivity index (χ2n) is 2.38. The summed E-state index contributed by atoms with van der Waals surface area (Å²) in [6, 6.07) is 6.04. The van der Waals surface area contributed by atoms with Crippen molar-refractivity contribution in [2.75, 3.05) is 7.11 Å². The third-order valence-corrected chi connectivity index (χ3v) is 1.94. The monoisotopic (exact) mass is 199 g/mol. The van der Waals surface area contributed by atoms with E-state index in [0.29, 0.717) is 0 Å². The first-order chi connectivity index (χ1) is 6.20. The van der Waals surface area contributed by atoms with Crippen LogP contribution in [0.3, 0.4) is 0 Å². The van der Waals surface area contributed by atoms with E-state index in [1.165, 1.54) is 25.3 Å². The fraction of sp³-hybridized carbons (Fsp3) is 0.222. The summed E-state index contributed by atoms with van der Waals surface area (Å²) < 4.78 is 17.9. The zero-order valence-corrected chi connectivity index (χ0v) is 7.68. The average Bonchev–Trinajstić information content (AvgIpc) is 2.11. The van der Waals surface area contributed by atoms with Crippen LogP contribution in [0.4, 0.5) is 4.39 Å². The number of methoxy groups -OCH3 is 1. The van der Waals surface area contributed by atoms with Gasteiger partial charge >= 0.3 is 0 Å². The van der Waals surface area contributed by atoms with Crippen molar-refractivity contribution in [3.8, 4) is 6.07 Å². The highest BCUT2D eigenvalue weighted by atomic mass is 35.5. The Hall–Kier alpha value is -1.11. The summed E-state index contributed by atoms with van der Waals surface area (Å²) in [6.45, 7) is 0. The predicted octanol–water partition coefficient (Wildman–Crippen LogP) is 2.69. The molecule has 0 bridgehead atoms. The van der Waals surface area contributed by atoms with Crippen molar-refractivity contribution in [1.29, 1.82) is 5.26 Å². The van der Waals surface area contributed by atoms with Crippen molar-refractivity contribution in [2.24, 2.45) is 0 Å². The molecule has 1 rings (SSSR count). The van der Waals surface area contributed by atoms with Crippen LogP contribution >= 0.6 is 11.6 Å². The average molecular weight is 200 g/mol. The highest BCUT2D eigenvalue weighted by Crippen LogP contribution is 2.27. The Labute approximate surface area is 80.5 Å². The number of hydrogen-bond donors (Lipinski definition) is 0. The van der Waals surface area contributed by atoms with Gasteiger partial charge in [-0.05, 0) is 12.1 Å². The molecule has 0 fully saturated rings. The predicted molar refractivity (Wildman–Crippen MR) is 46.8 cm³/mol. The summed E-state index contributed by atoms with van der Waals surface area (Å²) in [5.74, 6) is -0.527. The summed E-state index contributed by atoms with van der Waals surface area (Å²) in [7, 11) is 1.33. The maximum atomic E-state index is 13.2. The highest BCUT2D eigenvalue weighted by Gasteiger charge is 2.17. The Kier molecular flexibility index (Phi) is 3.24. The first-order valence-corrected chi connectivity index (χ1v) is 3.94. The first kappa shape index (κ1) is 9.97. The smallest absolute Gasteiger partial charge is 0.172 e. The van der Waals surface area contributed by atoms with Crippen molar-refractivity contribution in [3.05, 3.63) is 34.6 Å². The zero-order chi connectivity index (χ0) is 9.84. The quantitative estimate of drug-likeness (QED) is 0.734. The number of benzene rings is 1. The molecule has 0 saturated carbocycles. The van der Waals surface area contributed by atoms with Crippen LogP contribution in [0.25, 0.3) is 0 Å². The molecule has 0 aliphatic carbocycles. The lowest BCUT2D eigenvalue weighted by Gasteiger charge is -2.09. The van der Waals surface area contributed by atoms with Gasteiger partial charge in [0.1, 0.15) is 5.82 Å². The molecule has 1 unspecified atom stereocenters. The maximum Gasteiger partial charge on any atom is 0.172 e. The molecule has 0 N–H and O–H groups in total. The number of nitrogens with zero attached hydrogens (tertiary/aromatic N) is 1. The van der Waals surface area contributed by atoms with Crippen molar-refractivity contribution < 1.29 is 9.13 Å². The Morgan fingerprint density at radius 1 is 1.62 bits per heavy atom. The fourth-order valence-corrected chi connectivity index (χ4v) is 1.26. The van der Waals surface area contributed by atoms with Crippen LogP contribution in [0, 0.1) is 17.1 Å². The Bertz CT molecular complexity index is 328. The number of rotatable bonds is 2. The van der Waals surface area contributed by atoms with Crippen molar-refractivity contribution in [2.45, 2.75) is 6.10 Å². The third-order valence-electron chi connectivity index (χ3n) is 1.61. The second kappa shape index (κ2) is 4.22. The van der Waals surface area contributed by atoms with Gasteiger partial charge in [0.05, 0.1) is 11.1 Å². The van der Waals surface area contributed by atoms with Crippen molar-refractivity contribution >= 4 is 11.6 Å². The molecule has 1 atom stereocenters. The van der Waals surface area contributed by atoms with E-state index >= 15 is 0 Å². The molecule has 0 radical (unpaired) electrons. The summed E-state index contributed by atoms with van der Waals surface area (Å²) >= 11 is 5.71. The molecule has 4 heteroatoms. The summed E-state index contributed by atoms with van der Waals surface area (Å²) in [6.07, 6.45) is -0.950. The minimum atomic E-state index is -0.950. The van der Waals surface area contributed by atoms with E-state index in [1.807, 2.05) is 0 Å². The van der Waals surface area contributed by atoms with E-state index in [9.17, 15) is 4.39 Å². The molecule has 2 nitrogen and oxygen atoms in total. The Balaban J connectivity index is 3.20. The van der Waals surface area contributed by atoms with E-state index in [0.717, 1.165) is 0 Å². The molecule has 0 saturated heterocycles. The fourth-order valence-electron chi connectivity index (χ4n) is 0.996. The lowest BCUT2D eigenvalue weighted by Crippen LogP contribution is -2.02. The molecule has 1 aromatic carbocycles. The van der Waals surface area contributed by atoms with Gasteiger partial charge < -0.3 is 4.74 Å². The van der Waals surface area contributed by atoms with E-state index in [-0.39, 0.29) is 10.6 Å². The molecule has 13 heavy (non-hydrogen) atoms. The van der Waals surface area contributed by atoms with Gasteiger partial charge in [-0.1, -0.05) is 17.7 Å². The van der Waals surface area contributed by atoms with Crippen LogP contribution in [0.5, 0.6) is 0 Å². The van der Waals surface area contributed by atoms with E-state index in [1.54, 1.807) is 6.07 Å². The largest absolute Gasteiger partial charge is 0.362 e. The topological polar surface area (TPSA) is 33.0 Å². The normalized spacial score (nSPS) is 12.2. The standard InChI is InChI=1S/C9H7ClFNO/c1-13-8(5-12)9-6(10)3-2-4-7(9)11/h2-4,8H,1H3. The Morgan fingerprint density at radius 2 is 2.31 bits per heavy atom. The van der Waals surface area contributed by atoms with Crippen LogP contribution in [0.15, 0.2) is 18.2 Å². The van der Waals surface area contributed by atoms with Gasteiger partial charge in [0.15, 0.2) is 6.10 Å². The van der Waals surface area contributed by atoms with Gasteiger partial charge in [-0.15, -0.1) is 0 Å². The summed E-state index contributed by atoms with van der Waals surface area (Å²) in [5, 5.41) is 8.83. The molecule has 0 amide bonds. The third kappa shape index (κ3) is 1.97. The van der Waals surface area contributed by atoms with Gasteiger partial charge in [0.2, 0.25) is 0 Å². The number of nitriles is 1. The molecule has 0 spiro atoms. The molecule has 0 aliphatic heterocycles. The molecule has 0 heterocycles. The zero-order valence-electron chi connectivity index (χ0n) is 6.92. The summed E-state index contributed by atoms with van der Waals surface area (Å²) in [5.41, 5.74) is 0.0918. The van der Waals surface area contributed by atoms with Crippen LogP contribution in [0.2, 0.25) is 5.02 Å². The molecule has 0 aliphatic rings. The highest BCUT2D eigenvalue weighted by molar-refractivity contribution is 6.31. The summed E-state index contributed by atoms with van der Waals surface area (Å²) in [4.78, 5) is 0. The van der Waals surface area contributed by atoms with E-state index in [2.05, 4.69) is 0 Å². The number of ether oxygens (including phenoxy) is 1. The number of halogens is 2. The minimum Gasteiger partial charge on any atom is -0.362 e. The molecule has 0 aromatic heterocycles. The second-order valence-corrected chi connectivity index (χ2v) is 2.79. The maximum absolute atomic E-state index is 13.2. The van der Waals surface area contributed by atoms with Crippen molar-refractivity contribution in [1.82, 2.24) is 0 Å². The molecular weight excluding hydrogens is 193 g/mol. The van der Waals surface area contributed by atoms with E-state index < -0.39 is 11.9 Å². The van der Waals surface area contributed by atoms with Crippen LogP contribution in [-0.4, -0.2) is 7.11 Å².